The molecule has 0 saturated carbocycles. The molecule has 0 fully saturated rings. The fraction of sp³-hybridized carbons (Fsp3) is 0.500. The van der Waals surface area contributed by atoms with E-state index in [9.17, 15) is 4.79 Å². The smallest absolute Gasteiger partial charge is 0.325 e. The molecule has 0 aromatic heterocycles. The first-order valence-electron chi connectivity index (χ1n) is 6.03. The monoisotopic (exact) mass is 251 g/mol. The highest BCUT2D eigenvalue weighted by molar-refractivity contribution is 5.76. The second-order valence-corrected chi connectivity index (χ2v) is 4.35. The van der Waals surface area contributed by atoms with E-state index in [2.05, 4.69) is 5.32 Å². The van der Waals surface area contributed by atoms with Crippen molar-refractivity contribution in [3.8, 4) is 0 Å². The lowest BCUT2D eigenvalue weighted by Gasteiger charge is -2.13. The summed E-state index contributed by atoms with van der Waals surface area (Å²) in [5.41, 5.74) is 3.23. The van der Waals surface area contributed by atoms with E-state index in [0.717, 1.165) is 16.8 Å². The van der Waals surface area contributed by atoms with Gasteiger partial charge in [-0.1, -0.05) is 18.2 Å². The van der Waals surface area contributed by atoms with Crippen LogP contribution < -0.4 is 5.32 Å². The summed E-state index contributed by atoms with van der Waals surface area (Å²) in [6.07, 6.45) is -0.0749. The highest BCUT2D eigenvalue weighted by Gasteiger charge is 2.08. The van der Waals surface area contributed by atoms with Crippen LogP contribution in [-0.2, 0) is 14.3 Å². The van der Waals surface area contributed by atoms with E-state index >= 15 is 0 Å². The summed E-state index contributed by atoms with van der Waals surface area (Å²) >= 11 is 0. The van der Waals surface area contributed by atoms with Gasteiger partial charge in [-0.05, 0) is 31.9 Å². The average Bonchev–Trinajstić information content (AvgIpc) is 2.35. The van der Waals surface area contributed by atoms with Crippen molar-refractivity contribution in [1.29, 1.82) is 0 Å². The first-order valence-corrected chi connectivity index (χ1v) is 6.03. The molecule has 0 spiro atoms. The van der Waals surface area contributed by atoms with Gasteiger partial charge in [0, 0.05) is 12.8 Å². The van der Waals surface area contributed by atoms with Crippen LogP contribution in [0.25, 0.3) is 0 Å². The molecular weight excluding hydrogens is 230 g/mol. The summed E-state index contributed by atoms with van der Waals surface area (Å²) in [5, 5.41) is 3.11. The third-order valence-corrected chi connectivity index (χ3v) is 2.77. The summed E-state index contributed by atoms with van der Waals surface area (Å²) in [6, 6.07) is 6.01. The number of ether oxygens (including phenoxy) is 2. The number of esters is 1. The maximum absolute atomic E-state index is 11.5. The van der Waals surface area contributed by atoms with E-state index < -0.39 is 0 Å². The van der Waals surface area contributed by atoms with Crippen molar-refractivity contribution < 1.29 is 14.3 Å². The predicted octanol–water partition coefficient (Wildman–Crippen LogP) is 2.29. The summed E-state index contributed by atoms with van der Waals surface area (Å²) in [4.78, 5) is 11.5. The Hall–Kier alpha value is -1.55. The molecule has 100 valence electrons. The number of benzene rings is 1. The Morgan fingerprint density at radius 1 is 1.33 bits per heavy atom. The normalized spacial score (nSPS) is 12.0. The van der Waals surface area contributed by atoms with Crippen LogP contribution in [0.4, 0.5) is 5.69 Å². The Balaban J connectivity index is 2.43. The number of methoxy groups -OCH3 is 1. The van der Waals surface area contributed by atoms with Crippen LogP contribution in [0, 0.1) is 13.8 Å². The number of carbonyl (C=O) groups excluding carboxylic acids is 1. The van der Waals surface area contributed by atoms with Crippen LogP contribution in [0.1, 0.15) is 18.1 Å². The molecule has 4 heteroatoms. The Kier molecular flexibility index (Phi) is 5.65. The van der Waals surface area contributed by atoms with Crippen LogP contribution in [0.15, 0.2) is 18.2 Å². The lowest BCUT2D eigenvalue weighted by molar-refractivity contribution is -0.144. The number of anilines is 1. The van der Waals surface area contributed by atoms with Crippen LogP contribution in [0.2, 0.25) is 0 Å². The zero-order chi connectivity index (χ0) is 13.5. The summed E-state index contributed by atoms with van der Waals surface area (Å²) < 4.78 is 10.1. The van der Waals surface area contributed by atoms with E-state index in [4.69, 9.17) is 9.47 Å². The molecule has 0 aliphatic carbocycles. The third-order valence-electron chi connectivity index (χ3n) is 2.77. The molecule has 1 rings (SSSR count). The molecular formula is C14H21NO3. The second kappa shape index (κ2) is 7.01. The number of nitrogens with one attached hydrogen (secondary N) is 1. The molecule has 0 saturated heterocycles. The number of aryl methyl sites for hydroxylation is 2. The highest BCUT2D eigenvalue weighted by atomic mass is 16.6. The number of hydrogen-bond donors (Lipinski definition) is 1. The van der Waals surface area contributed by atoms with Gasteiger partial charge in [0.25, 0.3) is 0 Å². The molecule has 0 amide bonds. The maximum atomic E-state index is 11.5. The first kappa shape index (κ1) is 14.5. The number of rotatable bonds is 6. The maximum Gasteiger partial charge on any atom is 0.325 e. The molecule has 1 atom stereocenters. The topological polar surface area (TPSA) is 47.6 Å². The Bertz CT molecular complexity index is 384. The highest BCUT2D eigenvalue weighted by Crippen LogP contribution is 2.18. The van der Waals surface area contributed by atoms with Crippen LogP contribution in [0.5, 0.6) is 0 Å². The predicted molar refractivity (Wildman–Crippen MR) is 71.8 cm³/mol. The second-order valence-electron chi connectivity index (χ2n) is 4.35. The first-order chi connectivity index (χ1) is 8.54. The van der Waals surface area contributed by atoms with Gasteiger partial charge in [-0.15, -0.1) is 0 Å². The fourth-order valence-corrected chi connectivity index (χ4v) is 1.58. The molecule has 1 aromatic carbocycles. The SMILES string of the molecule is COC(C)COC(=O)CNc1c(C)cccc1C. The lowest BCUT2D eigenvalue weighted by Crippen LogP contribution is -2.23. The number of hydrogen-bond acceptors (Lipinski definition) is 4. The molecule has 0 aliphatic heterocycles. The molecule has 4 nitrogen and oxygen atoms in total. The van der Waals surface area contributed by atoms with Crippen molar-refractivity contribution in [2.75, 3.05) is 25.6 Å². The number of carbonyl (C=O) groups is 1. The van der Waals surface area contributed by atoms with Gasteiger partial charge >= 0.3 is 5.97 Å². The average molecular weight is 251 g/mol. The lowest BCUT2D eigenvalue weighted by atomic mass is 10.1. The summed E-state index contributed by atoms with van der Waals surface area (Å²) in [5.74, 6) is -0.276. The van der Waals surface area contributed by atoms with Gasteiger partial charge in [0.05, 0.1) is 6.10 Å². The van der Waals surface area contributed by atoms with E-state index in [1.54, 1.807) is 7.11 Å². The van der Waals surface area contributed by atoms with Gasteiger partial charge in [-0.25, -0.2) is 0 Å². The Labute approximate surface area is 108 Å². The Morgan fingerprint density at radius 3 is 2.50 bits per heavy atom. The van der Waals surface area contributed by atoms with Gasteiger partial charge in [0.1, 0.15) is 13.2 Å². The minimum absolute atomic E-state index is 0.0749. The quantitative estimate of drug-likeness (QED) is 0.788. The van der Waals surface area contributed by atoms with Crippen LogP contribution in [-0.4, -0.2) is 32.3 Å². The third kappa shape index (κ3) is 4.37. The minimum atomic E-state index is -0.276. The standard InChI is InChI=1S/C14H21NO3/c1-10-6-5-7-11(2)14(10)15-8-13(16)18-9-12(3)17-4/h5-7,12,15H,8-9H2,1-4H3. The van der Waals surface area contributed by atoms with Gasteiger partial charge in [-0.2, -0.15) is 0 Å². The van der Waals surface area contributed by atoms with Gasteiger partial charge in [0.2, 0.25) is 0 Å². The van der Waals surface area contributed by atoms with Crippen LogP contribution >= 0.6 is 0 Å². The van der Waals surface area contributed by atoms with Gasteiger partial charge < -0.3 is 14.8 Å². The zero-order valence-electron chi connectivity index (χ0n) is 11.4. The molecule has 0 bridgehead atoms. The van der Waals surface area contributed by atoms with E-state index in [-0.39, 0.29) is 25.2 Å². The van der Waals surface area contributed by atoms with Gasteiger partial charge in [0.15, 0.2) is 0 Å². The largest absolute Gasteiger partial charge is 0.462 e. The van der Waals surface area contributed by atoms with Crippen molar-refractivity contribution in [2.45, 2.75) is 26.9 Å². The van der Waals surface area contributed by atoms with Crippen molar-refractivity contribution >= 4 is 11.7 Å². The van der Waals surface area contributed by atoms with Crippen molar-refractivity contribution in [3.05, 3.63) is 29.3 Å². The molecule has 1 N–H and O–H groups in total. The zero-order valence-corrected chi connectivity index (χ0v) is 11.4. The molecule has 1 unspecified atom stereocenters. The molecule has 1 aromatic rings. The van der Waals surface area contributed by atoms with Crippen molar-refractivity contribution in [1.82, 2.24) is 0 Å². The van der Waals surface area contributed by atoms with E-state index in [1.165, 1.54) is 0 Å². The minimum Gasteiger partial charge on any atom is -0.462 e. The molecule has 0 heterocycles. The molecule has 18 heavy (non-hydrogen) atoms. The Morgan fingerprint density at radius 2 is 1.94 bits per heavy atom. The van der Waals surface area contributed by atoms with E-state index in [1.807, 2.05) is 39.0 Å². The van der Waals surface area contributed by atoms with Crippen molar-refractivity contribution in [3.63, 3.8) is 0 Å². The summed E-state index contributed by atoms with van der Waals surface area (Å²) in [7, 11) is 1.59. The van der Waals surface area contributed by atoms with Crippen LogP contribution in [0.3, 0.4) is 0 Å². The molecule has 0 aliphatic rings. The number of para-hydroxylation sites is 1. The van der Waals surface area contributed by atoms with Gasteiger partial charge in [-0.3, -0.25) is 4.79 Å². The molecule has 0 radical (unpaired) electrons. The fourth-order valence-electron chi connectivity index (χ4n) is 1.58. The van der Waals surface area contributed by atoms with Crippen molar-refractivity contribution in [2.24, 2.45) is 0 Å². The van der Waals surface area contributed by atoms with E-state index in [0.29, 0.717) is 0 Å². The summed E-state index contributed by atoms with van der Waals surface area (Å²) in [6.45, 7) is 6.32.